The van der Waals surface area contributed by atoms with E-state index >= 15 is 0 Å². The molecule has 1 unspecified atom stereocenters. The van der Waals surface area contributed by atoms with Crippen LogP contribution in [0.1, 0.15) is 12.5 Å². The normalized spacial score (nSPS) is 15.9. The molecule has 9 heteroatoms. The van der Waals surface area contributed by atoms with Gasteiger partial charge in [-0.15, -0.1) is 0 Å². The van der Waals surface area contributed by atoms with Crippen molar-refractivity contribution in [2.24, 2.45) is 13.0 Å². The summed E-state index contributed by atoms with van der Waals surface area (Å²) in [6.45, 7) is 3.65. The van der Waals surface area contributed by atoms with Gasteiger partial charge in [-0.2, -0.15) is 4.98 Å². The van der Waals surface area contributed by atoms with Crippen molar-refractivity contribution in [3.63, 3.8) is 0 Å². The molecule has 2 aromatic heterocycles. The Hall–Kier alpha value is -3.03. The van der Waals surface area contributed by atoms with Crippen molar-refractivity contribution in [2.75, 3.05) is 11.4 Å². The lowest BCUT2D eigenvalue weighted by Crippen LogP contribution is -2.40. The van der Waals surface area contributed by atoms with Gasteiger partial charge in [-0.1, -0.05) is 42.3 Å². The number of halogens is 2. The molecule has 1 aliphatic heterocycles. The summed E-state index contributed by atoms with van der Waals surface area (Å²) in [7, 11) is 1.65. The first-order chi connectivity index (χ1) is 15.3. The van der Waals surface area contributed by atoms with E-state index in [4.69, 9.17) is 28.2 Å². The molecule has 5 rings (SSSR count). The Labute approximate surface area is 194 Å². The minimum Gasteiger partial charge on any atom is -0.312 e. The molecule has 4 aromatic rings. The van der Waals surface area contributed by atoms with Crippen molar-refractivity contribution in [1.82, 2.24) is 18.7 Å². The molecule has 32 heavy (non-hydrogen) atoms. The summed E-state index contributed by atoms with van der Waals surface area (Å²) in [5, 5.41) is 1.21. The van der Waals surface area contributed by atoms with E-state index in [0.29, 0.717) is 33.7 Å². The predicted octanol–water partition coefficient (Wildman–Crippen LogP) is 4.04. The van der Waals surface area contributed by atoms with Gasteiger partial charge in [-0.3, -0.25) is 13.9 Å². The molecule has 0 saturated heterocycles. The molecule has 0 spiro atoms. The molecule has 3 heterocycles. The second kappa shape index (κ2) is 7.83. The molecule has 0 fully saturated rings. The minimum atomic E-state index is -0.413. The van der Waals surface area contributed by atoms with Gasteiger partial charge in [-0.05, 0) is 47.9 Å². The third-order valence-electron chi connectivity index (χ3n) is 5.81. The molecular weight excluding hydrogens is 449 g/mol. The largest absolute Gasteiger partial charge is 0.332 e. The first-order valence-electron chi connectivity index (χ1n) is 10.3. The van der Waals surface area contributed by atoms with Crippen LogP contribution in [0, 0.1) is 5.92 Å². The molecule has 164 valence electrons. The smallest absolute Gasteiger partial charge is 0.312 e. The number of imidazole rings is 1. The van der Waals surface area contributed by atoms with Gasteiger partial charge in [0, 0.05) is 35.9 Å². The third-order valence-corrected chi connectivity index (χ3v) is 6.30. The highest BCUT2D eigenvalue weighted by Gasteiger charge is 2.29. The summed E-state index contributed by atoms with van der Waals surface area (Å²) in [6.07, 6.45) is 0. The second-order valence-corrected chi connectivity index (χ2v) is 9.12. The molecule has 0 aliphatic carbocycles. The monoisotopic (exact) mass is 469 g/mol. The molecule has 0 radical (unpaired) electrons. The molecule has 1 aliphatic rings. The average molecular weight is 470 g/mol. The summed E-state index contributed by atoms with van der Waals surface area (Å²) >= 11 is 12.2. The number of hydrogen-bond donors (Lipinski definition) is 0. The van der Waals surface area contributed by atoms with Gasteiger partial charge >= 0.3 is 5.69 Å². The van der Waals surface area contributed by atoms with E-state index in [-0.39, 0.29) is 18.0 Å². The molecular formula is C23H21Cl2N5O2. The highest BCUT2D eigenvalue weighted by molar-refractivity contribution is 6.30. The summed E-state index contributed by atoms with van der Waals surface area (Å²) < 4.78 is 4.61. The topological polar surface area (TPSA) is 65.1 Å². The van der Waals surface area contributed by atoms with Crippen LogP contribution in [0.2, 0.25) is 10.0 Å². The lowest BCUT2D eigenvalue weighted by molar-refractivity contribution is 0.458. The van der Waals surface area contributed by atoms with Crippen LogP contribution in [0.3, 0.4) is 0 Å². The van der Waals surface area contributed by atoms with Crippen LogP contribution in [-0.4, -0.2) is 25.2 Å². The number of benzene rings is 2. The Balaban J connectivity index is 1.72. The van der Waals surface area contributed by atoms with E-state index < -0.39 is 5.69 Å². The second-order valence-electron chi connectivity index (χ2n) is 8.25. The molecule has 0 bridgehead atoms. The van der Waals surface area contributed by atoms with Crippen LogP contribution in [0.5, 0.6) is 0 Å². The summed E-state index contributed by atoms with van der Waals surface area (Å²) in [5.74, 6) is 0.918. The van der Waals surface area contributed by atoms with Crippen LogP contribution >= 0.6 is 23.2 Å². The van der Waals surface area contributed by atoms with Crippen LogP contribution in [0.25, 0.3) is 11.2 Å². The van der Waals surface area contributed by atoms with Crippen LogP contribution in [0.4, 0.5) is 11.6 Å². The first kappa shape index (κ1) is 20.8. The quantitative estimate of drug-likeness (QED) is 0.454. The maximum atomic E-state index is 13.5. The van der Waals surface area contributed by atoms with Crippen molar-refractivity contribution >= 4 is 46.0 Å². The van der Waals surface area contributed by atoms with Crippen molar-refractivity contribution in [3.8, 4) is 0 Å². The SMILES string of the molecule is CC1CN(c2ccc(Cl)cc2)c2nc3c(c(=O)n(Cc4cccc(Cl)c4)c(=O)n3C)n2C1. The maximum absolute atomic E-state index is 13.5. The zero-order valence-corrected chi connectivity index (χ0v) is 19.1. The number of fused-ring (bicyclic) bond motifs is 3. The lowest BCUT2D eigenvalue weighted by Gasteiger charge is -2.33. The van der Waals surface area contributed by atoms with Gasteiger partial charge in [-0.25, -0.2) is 4.79 Å². The number of nitrogens with zero attached hydrogens (tertiary/aromatic N) is 5. The van der Waals surface area contributed by atoms with Crippen molar-refractivity contribution in [2.45, 2.75) is 20.0 Å². The molecule has 7 nitrogen and oxygen atoms in total. The van der Waals surface area contributed by atoms with E-state index in [0.717, 1.165) is 17.8 Å². The van der Waals surface area contributed by atoms with Gasteiger partial charge < -0.3 is 9.47 Å². The van der Waals surface area contributed by atoms with E-state index in [1.54, 1.807) is 25.2 Å². The van der Waals surface area contributed by atoms with Crippen molar-refractivity contribution in [1.29, 1.82) is 0 Å². The fourth-order valence-electron chi connectivity index (χ4n) is 4.30. The third kappa shape index (κ3) is 3.42. The van der Waals surface area contributed by atoms with Crippen LogP contribution < -0.4 is 16.1 Å². The zero-order valence-electron chi connectivity index (χ0n) is 17.6. The molecule has 0 amide bonds. The highest BCUT2D eigenvalue weighted by Crippen LogP contribution is 2.33. The number of anilines is 2. The Kier molecular flexibility index (Phi) is 5.10. The summed E-state index contributed by atoms with van der Waals surface area (Å²) in [4.78, 5) is 33.4. The zero-order chi connectivity index (χ0) is 22.6. The minimum absolute atomic E-state index is 0.138. The van der Waals surface area contributed by atoms with Crippen molar-refractivity contribution in [3.05, 3.63) is 85.0 Å². The standard InChI is InChI=1S/C23H21Cl2N5O2/c1-14-11-28(18-8-6-16(24)7-9-18)22-26-20-19(29(22)12-14)21(31)30(23(32)27(20)2)13-15-4-3-5-17(25)10-15/h3-10,14H,11-13H2,1-2H3. The maximum Gasteiger partial charge on any atom is 0.332 e. The number of aryl methyl sites for hydroxylation is 1. The summed E-state index contributed by atoms with van der Waals surface area (Å²) in [5.41, 5.74) is 1.75. The predicted molar refractivity (Wildman–Crippen MR) is 127 cm³/mol. The number of hydrogen-bond acceptors (Lipinski definition) is 4. The van der Waals surface area contributed by atoms with E-state index in [2.05, 4.69) is 11.8 Å². The Bertz CT molecular complexity index is 1450. The fourth-order valence-corrected chi connectivity index (χ4v) is 4.64. The molecule has 2 aromatic carbocycles. The number of rotatable bonds is 3. The van der Waals surface area contributed by atoms with Gasteiger partial charge in [0.2, 0.25) is 5.95 Å². The lowest BCUT2D eigenvalue weighted by atomic mass is 10.1. The van der Waals surface area contributed by atoms with E-state index in [1.807, 2.05) is 34.9 Å². The molecule has 0 saturated carbocycles. The van der Waals surface area contributed by atoms with Gasteiger partial charge in [0.1, 0.15) is 0 Å². The number of aromatic nitrogens is 4. The molecule has 0 N–H and O–H groups in total. The Morgan fingerprint density at radius 2 is 1.78 bits per heavy atom. The van der Waals surface area contributed by atoms with Crippen molar-refractivity contribution < 1.29 is 0 Å². The average Bonchev–Trinajstić information content (AvgIpc) is 3.15. The Morgan fingerprint density at radius 1 is 1.03 bits per heavy atom. The van der Waals surface area contributed by atoms with E-state index in [9.17, 15) is 9.59 Å². The molecule has 1 atom stereocenters. The highest BCUT2D eigenvalue weighted by atomic mass is 35.5. The summed E-state index contributed by atoms with van der Waals surface area (Å²) in [6, 6.07) is 14.7. The van der Waals surface area contributed by atoms with E-state index in [1.165, 1.54) is 9.13 Å². The first-order valence-corrected chi connectivity index (χ1v) is 11.1. The van der Waals surface area contributed by atoms with Gasteiger partial charge in [0.15, 0.2) is 11.2 Å². The Morgan fingerprint density at radius 3 is 2.50 bits per heavy atom. The van der Waals surface area contributed by atoms with Gasteiger partial charge in [0.25, 0.3) is 5.56 Å². The van der Waals surface area contributed by atoms with Crippen LogP contribution in [-0.2, 0) is 20.1 Å². The van der Waals surface area contributed by atoms with Crippen LogP contribution in [0.15, 0.2) is 58.1 Å². The fraction of sp³-hybridized carbons (Fsp3) is 0.261. The van der Waals surface area contributed by atoms with Gasteiger partial charge in [0.05, 0.1) is 6.54 Å².